The minimum absolute atomic E-state index is 0.0409. The summed E-state index contributed by atoms with van der Waals surface area (Å²) in [4.78, 5) is 12.6. The number of hydrogen-bond donors (Lipinski definition) is 3. The van der Waals surface area contributed by atoms with E-state index >= 15 is 0 Å². The van der Waals surface area contributed by atoms with Crippen molar-refractivity contribution in [2.24, 2.45) is 17.8 Å². The Morgan fingerprint density at radius 2 is 1.74 bits per heavy atom. The zero-order chi connectivity index (χ0) is 18.9. The van der Waals surface area contributed by atoms with Crippen molar-refractivity contribution < 1.29 is 4.79 Å². The number of nitrogens with one attached hydrogen (secondary N) is 3. The molecule has 4 bridgehead atoms. The van der Waals surface area contributed by atoms with Crippen LogP contribution in [-0.2, 0) is 0 Å². The second-order valence-electron chi connectivity index (χ2n) is 9.17. The maximum Gasteiger partial charge on any atom is 0.315 e. The molecule has 2 amide bonds. The van der Waals surface area contributed by atoms with Gasteiger partial charge in [0.1, 0.15) is 0 Å². The van der Waals surface area contributed by atoms with Gasteiger partial charge >= 0.3 is 6.03 Å². The molecule has 0 heterocycles. The standard InChI is InChI=1S/C23H31N3O/c1-16(9-21(24)8-7-17-5-3-2-4-6-17)25-22(27)26-23-13-18-10-19(14-23)12-20(11-18)15-23/h2-8,16,18-20,24H,9-15H2,1H3,(H2,25,26,27)/t16-,18?,19?,20?,23?/m0/s1. The number of allylic oxidation sites excluding steroid dienone is 1. The first kappa shape index (κ1) is 18.3. The largest absolute Gasteiger partial charge is 0.335 e. The van der Waals surface area contributed by atoms with Crippen LogP contribution < -0.4 is 10.6 Å². The number of carbonyl (C=O) groups is 1. The van der Waals surface area contributed by atoms with Crippen LogP contribution in [0.5, 0.6) is 0 Å². The van der Waals surface area contributed by atoms with Crippen molar-refractivity contribution in [3.05, 3.63) is 42.0 Å². The summed E-state index contributed by atoms with van der Waals surface area (Å²) in [7, 11) is 0. The van der Waals surface area contributed by atoms with Gasteiger partial charge in [-0.25, -0.2) is 4.79 Å². The number of hydrogen-bond acceptors (Lipinski definition) is 2. The van der Waals surface area contributed by atoms with Crippen LogP contribution in [0.4, 0.5) is 4.79 Å². The summed E-state index contributed by atoms with van der Waals surface area (Å²) in [6, 6.07) is 9.90. The minimum atomic E-state index is -0.0516. The predicted molar refractivity (Wildman–Crippen MR) is 110 cm³/mol. The minimum Gasteiger partial charge on any atom is -0.335 e. The van der Waals surface area contributed by atoms with E-state index < -0.39 is 0 Å². The van der Waals surface area contributed by atoms with Gasteiger partial charge in [0.05, 0.1) is 0 Å². The Balaban J connectivity index is 1.26. The second kappa shape index (κ2) is 7.49. The number of amides is 2. The van der Waals surface area contributed by atoms with Crippen LogP contribution in [0.2, 0.25) is 0 Å². The lowest BCUT2D eigenvalue weighted by atomic mass is 9.53. The Hall–Kier alpha value is -2.10. The number of benzene rings is 1. The Labute approximate surface area is 162 Å². The zero-order valence-corrected chi connectivity index (χ0v) is 16.2. The SMILES string of the molecule is C[C@@H](CC(=N)C=Cc1ccccc1)NC(=O)NC12CC3CC(CC(C3)C1)C2. The highest BCUT2D eigenvalue weighted by atomic mass is 16.2. The molecule has 4 fully saturated rings. The molecule has 4 aliphatic carbocycles. The summed E-state index contributed by atoms with van der Waals surface area (Å²) in [6.07, 6.45) is 11.9. The summed E-state index contributed by atoms with van der Waals surface area (Å²) < 4.78 is 0. The van der Waals surface area contributed by atoms with Crippen molar-refractivity contribution in [2.75, 3.05) is 0 Å². The average Bonchev–Trinajstić information content (AvgIpc) is 2.59. The smallest absolute Gasteiger partial charge is 0.315 e. The van der Waals surface area contributed by atoms with Gasteiger partial charge in [-0.15, -0.1) is 0 Å². The topological polar surface area (TPSA) is 65.0 Å². The maximum atomic E-state index is 12.6. The highest BCUT2D eigenvalue weighted by Crippen LogP contribution is 2.55. The van der Waals surface area contributed by atoms with Crippen LogP contribution in [0.3, 0.4) is 0 Å². The molecule has 0 spiro atoms. The van der Waals surface area contributed by atoms with Crippen molar-refractivity contribution >= 4 is 17.8 Å². The van der Waals surface area contributed by atoms with E-state index in [4.69, 9.17) is 5.41 Å². The Morgan fingerprint density at radius 1 is 1.15 bits per heavy atom. The average molecular weight is 366 g/mol. The third-order valence-electron chi connectivity index (χ3n) is 6.60. The molecule has 4 saturated carbocycles. The van der Waals surface area contributed by atoms with Crippen molar-refractivity contribution in [1.29, 1.82) is 5.41 Å². The van der Waals surface area contributed by atoms with Gasteiger partial charge < -0.3 is 16.0 Å². The molecule has 0 saturated heterocycles. The first-order valence-corrected chi connectivity index (χ1v) is 10.4. The molecule has 3 N–H and O–H groups in total. The van der Waals surface area contributed by atoms with Crippen molar-refractivity contribution in [3.63, 3.8) is 0 Å². The highest BCUT2D eigenvalue weighted by molar-refractivity contribution is 5.96. The molecule has 1 atom stereocenters. The normalized spacial score (nSPS) is 32.4. The van der Waals surface area contributed by atoms with Crippen LogP contribution in [0.25, 0.3) is 6.08 Å². The fourth-order valence-electron chi connectivity index (χ4n) is 5.97. The van der Waals surface area contributed by atoms with Gasteiger partial charge in [0, 0.05) is 23.7 Å². The monoisotopic (exact) mass is 365 g/mol. The first-order chi connectivity index (χ1) is 13.0. The molecule has 4 aliphatic rings. The molecule has 4 heteroatoms. The molecular formula is C23H31N3O. The van der Waals surface area contributed by atoms with E-state index in [0.29, 0.717) is 12.1 Å². The number of carbonyl (C=O) groups excluding carboxylic acids is 1. The van der Waals surface area contributed by atoms with Gasteiger partial charge in [-0.1, -0.05) is 36.4 Å². The fourth-order valence-corrected chi connectivity index (χ4v) is 5.97. The van der Waals surface area contributed by atoms with Gasteiger partial charge in [-0.2, -0.15) is 0 Å². The fraction of sp³-hybridized carbons (Fsp3) is 0.565. The molecule has 1 aromatic carbocycles. The Morgan fingerprint density at radius 3 is 2.33 bits per heavy atom. The van der Waals surface area contributed by atoms with E-state index in [-0.39, 0.29) is 17.6 Å². The van der Waals surface area contributed by atoms with Crippen LogP contribution >= 0.6 is 0 Å². The summed E-state index contributed by atoms with van der Waals surface area (Å²) in [5.74, 6) is 2.47. The lowest BCUT2D eigenvalue weighted by Crippen LogP contribution is -2.62. The quantitative estimate of drug-likeness (QED) is 0.625. The number of rotatable bonds is 6. The molecule has 0 radical (unpaired) electrons. The molecule has 0 aliphatic heterocycles. The van der Waals surface area contributed by atoms with Crippen LogP contribution in [0.15, 0.2) is 36.4 Å². The summed E-state index contributed by atoms with van der Waals surface area (Å²) in [6.45, 7) is 1.98. The van der Waals surface area contributed by atoms with E-state index in [1.165, 1.54) is 19.3 Å². The predicted octanol–water partition coefficient (Wildman–Crippen LogP) is 4.77. The van der Waals surface area contributed by atoms with Gasteiger partial charge in [0.2, 0.25) is 0 Å². The third kappa shape index (κ3) is 4.42. The zero-order valence-electron chi connectivity index (χ0n) is 16.2. The van der Waals surface area contributed by atoms with E-state index in [0.717, 1.165) is 42.6 Å². The molecule has 1 aromatic rings. The Bertz CT molecular complexity index is 689. The van der Waals surface area contributed by atoms with Gasteiger partial charge in [-0.3, -0.25) is 0 Å². The third-order valence-corrected chi connectivity index (χ3v) is 6.60. The first-order valence-electron chi connectivity index (χ1n) is 10.4. The molecule has 0 unspecified atom stereocenters. The lowest BCUT2D eigenvalue weighted by Gasteiger charge is -2.56. The van der Waals surface area contributed by atoms with Gasteiger partial charge in [-0.05, 0) is 74.8 Å². The van der Waals surface area contributed by atoms with Crippen molar-refractivity contribution in [1.82, 2.24) is 10.6 Å². The summed E-state index contributed by atoms with van der Waals surface area (Å²) in [5, 5.41) is 14.6. The lowest BCUT2D eigenvalue weighted by molar-refractivity contribution is -0.0136. The van der Waals surface area contributed by atoms with Crippen molar-refractivity contribution in [3.8, 4) is 0 Å². The molecule has 4 nitrogen and oxygen atoms in total. The molecular weight excluding hydrogens is 334 g/mol. The van der Waals surface area contributed by atoms with Crippen LogP contribution in [-0.4, -0.2) is 23.3 Å². The van der Waals surface area contributed by atoms with E-state index in [1.807, 2.05) is 49.4 Å². The molecule has 0 aromatic heterocycles. The molecule has 144 valence electrons. The Kier molecular flexibility index (Phi) is 5.07. The van der Waals surface area contributed by atoms with E-state index in [9.17, 15) is 4.79 Å². The summed E-state index contributed by atoms with van der Waals surface area (Å²) >= 11 is 0. The molecule has 5 rings (SSSR count). The maximum absolute atomic E-state index is 12.6. The second-order valence-corrected chi connectivity index (χ2v) is 9.17. The summed E-state index contributed by atoms with van der Waals surface area (Å²) in [5.41, 5.74) is 1.66. The van der Waals surface area contributed by atoms with E-state index in [1.54, 1.807) is 0 Å². The highest BCUT2D eigenvalue weighted by Gasteiger charge is 2.51. The van der Waals surface area contributed by atoms with E-state index in [2.05, 4.69) is 10.6 Å². The van der Waals surface area contributed by atoms with Gasteiger partial charge in [0.25, 0.3) is 0 Å². The van der Waals surface area contributed by atoms with Crippen LogP contribution in [0, 0.1) is 23.2 Å². The van der Waals surface area contributed by atoms with Crippen molar-refractivity contribution in [2.45, 2.75) is 63.5 Å². The van der Waals surface area contributed by atoms with Gasteiger partial charge in [0.15, 0.2) is 0 Å². The van der Waals surface area contributed by atoms with Crippen LogP contribution in [0.1, 0.15) is 57.4 Å². The molecule has 27 heavy (non-hydrogen) atoms. The number of urea groups is 1.